The molecular weight excluding hydrogens is 296 g/mol. The van der Waals surface area contributed by atoms with E-state index < -0.39 is 0 Å². The van der Waals surface area contributed by atoms with Crippen LogP contribution in [0.2, 0.25) is 0 Å². The molecule has 0 saturated carbocycles. The molecule has 8 heteroatoms. The van der Waals surface area contributed by atoms with Gasteiger partial charge in [0, 0.05) is 7.05 Å². The Balaban J connectivity index is 1.68. The molecule has 0 unspecified atom stereocenters. The first kappa shape index (κ1) is 13.3. The van der Waals surface area contributed by atoms with Crippen LogP contribution in [0, 0.1) is 0 Å². The van der Waals surface area contributed by atoms with Gasteiger partial charge in [0.05, 0.1) is 29.1 Å². The number of thioether (sulfide) groups is 1. The molecule has 20 heavy (non-hydrogen) atoms. The van der Waals surface area contributed by atoms with E-state index >= 15 is 0 Å². The van der Waals surface area contributed by atoms with Crippen molar-refractivity contribution in [2.75, 3.05) is 0 Å². The molecule has 3 aromatic rings. The highest BCUT2D eigenvalue weighted by molar-refractivity contribution is 7.98. The average Bonchev–Trinajstić information content (AvgIpc) is 3.17. The van der Waals surface area contributed by atoms with Crippen LogP contribution in [0.4, 0.5) is 0 Å². The topological polar surface area (TPSA) is 77.0 Å². The Morgan fingerprint density at radius 3 is 3.10 bits per heavy atom. The molecule has 0 aliphatic rings. The first-order chi connectivity index (χ1) is 9.78. The van der Waals surface area contributed by atoms with Crippen LogP contribution in [-0.2, 0) is 19.4 Å². The van der Waals surface area contributed by atoms with E-state index in [4.69, 9.17) is 9.63 Å². The molecule has 0 bridgehead atoms. The van der Waals surface area contributed by atoms with E-state index in [1.54, 1.807) is 17.5 Å². The Labute approximate surface area is 123 Å². The van der Waals surface area contributed by atoms with Crippen LogP contribution in [0.5, 0.6) is 0 Å². The van der Waals surface area contributed by atoms with E-state index in [0.717, 1.165) is 15.7 Å². The second-order valence-corrected chi connectivity index (χ2v) is 5.92. The summed E-state index contributed by atoms with van der Waals surface area (Å²) in [5.74, 6) is 1.75. The zero-order chi connectivity index (χ0) is 13.9. The second kappa shape index (κ2) is 5.78. The normalized spacial score (nSPS) is 11.1. The molecule has 1 N–H and O–H groups in total. The quantitative estimate of drug-likeness (QED) is 0.729. The molecular formula is C12H12N4O2S2. The smallest absolute Gasteiger partial charge is 0.268 e. The van der Waals surface area contributed by atoms with Crippen LogP contribution in [0.3, 0.4) is 0 Å². The number of thiophene rings is 1. The first-order valence-corrected chi connectivity index (χ1v) is 7.75. The van der Waals surface area contributed by atoms with Crippen molar-refractivity contribution in [1.82, 2.24) is 19.7 Å². The van der Waals surface area contributed by atoms with Gasteiger partial charge in [-0.2, -0.15) is 4.98 Å². The molecule has 104 valence electrons. The molecule has 0 spiro atoms. The number of aliphatic hydroxyl groups is 1. The van der Waals surface area contributed by atoms with Crippen molar-refractivity contribution in [3.63, 3.8) is 0 Å². The summed E-state index contributed by atoms with van der Waals surface area (Å²) in [7, 11) is 1.87. The third-order valence-corrected chi connectivity index (χ3v) is 4.63. The minimum Gasteiger partial charge on any atom is -0.390 e. The van der Waals surface area contributed by atoms with Crippen molar-refractivity contribution in [3.8, 4) is 10.8 Å². The summed E-state index contributed by atoms with van der Waals surface area (Å²) < 4.78 is 7.07. The monoisotopic (exact) mass is 308 g/mol. The van der Waals surface area contributed by atoms with E-state index in [1.807, 2.05) is 29.1 Å². The minimum atomic E-state index is -0.0191. The maximum Gasteiger partial charge on any atom is 0.268 e. The summed E-state index contributed by atoms with van der Waals surface area (Å²) in [6.07, 6.45) is 1.66. The predicted molar refractivity (Wildman–Crippen MR) is 76.3 cm³/mol. The van der Waals surface area contributed by atoms with E-state index in [2.05, 4.69) is 15.1 Å². The zero-order valence-electron chi connectivity index (χ0n) is 10.7. The molecule has 3 rings (SSSR count). The Kier molecular flexibility index (Phi) is 3.86. The largest absolute Gasteiger partial charge is 0.390 e. The van der Waals surface area contributed by atoms with E-state index in [1.165, 1.54) is 11.8 Å². The molecule has 3 aromatic heterocycles. The van der Waals surface area contributed by atoms with Gasteiger partial charge in [-0.3, -0.25) is 0 Å². The van der Waals surface area contributed by atoms with Crippen molar-refractivity contribution in [3.05, 3.63) is 35.2 Å². The van der Waals surface area contributed by atoms with Gasteiger partial charge in [0.25, 0.3) is 5.89 Å². The van der Waals surface area contributed by atoms with E-state index in [0.29, 0.717) is 17.5 Å². The Bertz CT molecular complexity index is 690. The maximum absolute atomic E-state index is 9.12. The van der Waals surface area contributed by atoms with Gasteiger partial charge in [-0.05, 0) is 11.4 Å². The van der Waals surface area contributed by atoms with Crippen molar-refractivity contribution in [2.45, 2.75) is 17.5 Å². The van der Waals surface area contributed by atoms with Gasteiger partial charge in [0.1, 0.15) is 0 Å². The second-order valence-electron chi connectivity index (χ2n) is 4.03. The Hall–Kier alpha value is -1.64. The van der Waals surface area contributed by atoms with Crippen LogP contribution < -0.4 is 0 Å². The molecule has 0 amide bonds. The average molecular weight is 308 g/mol. The number of aliphatic hydroxyl groups excluding tert-OH is 1. The number of hydrogen-bond acceptors (Lipinski definition) is 7. The maximum atomic E-state index is 9.12. The number of rotatable bonds is 5. The van der Waals surface area contributed by atoms with Crippen molar-refractivity contribution < 1.29 is 9.63 Å². The van der Waals surface area contributed by atoms with Gasteiger partial charge >= 0.3 is 0 Å². The Morgan fingerprint density at radius 1 is 1.50 bits per heavy atom. The fraction of sp³-hybridized carbons (Fsp3) is 0.250. The highest BCUT2D eigenvalue weighted by Gasteiger charge is 2.12. The van der Waals surface area contributed by atoms with Gasteiger partial charge in [0.15, 0.2) is 11.0 Å². The molecule has 0 aliphatic heterocycles. The van der Waals surface area contributed by atoms with E-state index in [-0.39, 0.29) is 6.61 Å². The minimum absolute atomic E-state index is 0.0191. The van der Waals surface area contributed by atoms with Crippen molar-refractivity contribution >= 4 is 23.1 Å². The lowest BCUT2D eigenvalue weighted by Crippen LogP contribution is -1.97. The summed E-state index contributed by atoms with van der Waals surface area (Å²) in [5.41, 5.74) is 0.778. The van der Waals surface area contributed by atoms with Crippen LogP contribution in [0.15, 0.2) is 33.4 Å². The Morgan fingerprint density at radius 2 is 2.40 bits per heavy atom. The highest BCUT2D eigenvalue weighted by Crippen LogP contribution is 2.25. The van der Waals surface area contributed by atoms with Gasteiger partial charge < -0.3 is 14.2 Å². The third-order valence-electron chi connectivity index (χ3n) is 2.73. The lowest BCUT2D eigenvalue weighted by molar-refractivity contribution is 0.271. The standard InChI is InChI=1S/C12H12N4O2S2/c1-16-8(6-17)5-13-12(16)20-7-10-14-11(18-15-10)9-3-2-4-19-9/h2-5,17H,6-7H2,1H3. The van der Waals surface area contributed by atoms with Gasteiger partial charge in [-0.1, -0.05) is 23.0 Å². The summed E-state index contributed by atoms with van der Waals surface area (Å²) >= 11 is 3.07. The van der Waals surface area contributed by atoms with Crippen LogP contribution >= 0.6 is 23.1 Å². The van der Waals surface area contributed by atoms with Gasteiger partial charge in [0.2, 0.25) is 0 Å². The zero-order valence-corrected chi connectivity index (χ0v) is 12.3. The number of imidazole rings is 1. The summed E-state index contributed by atoms with van der Waals surface area (Å²) in [5, 5.41) is 15.9. The van der Waals surface area contributed by atoms with Gasteiger partial charge in [-0.25, -0.2) is 4.98 Å². The molecule has 6 nitrogen and oxygen atoms in total. The predicted octanol–water partition coefficient (Wildman–Crippen LogP) is 2.32. The number of hydrogen-bond donors (Lipinski definition) is 1. The summed E-state index contributed by atoms with van der Waals surface area (Å²) in [6.45, 7) is -0.0191. The van der Waals surface area contributed by atoms with Crippen LogP contribution in [0.25, 0.3) is 10.8 Å². The molecule has 0 aromatic carbocycles. The number of nitrogens with zero attached hydrogens (tertiary/aromatic N) is 4. The highest BCUT2D eigenvalue weighted by atomic mass is 32.2. The number of aromatic nitrogens is 4. The first-order valence-electron chi connectivity index (χ1n) is 5.88. The summed E-state index contributed by atoms with van der Waals surface area (Å²) in [4.78, 5) is 9.56. The fourth-order valence-corrected chi connectivity index (χ4v) is 3.11. The SMILES string of the molecule is Cn1c(CO)cnc1SCc1noc(-c2cccs2)n1. The molecule has 0 fully saturated rings. The lowest BCUT2D eigenvalue weighted by Gasteiger charge is -2.01. The molecule has 3 heterocycles. The van der Waals surface area contributed by atoms with Crippen molar-refractivity contribution in [2.24, 2.45) is 7.05 Å². The van der Waals surface area contributed by atoms with Crippen LogP contribution in [-0.4, -0.2) is 24.8 Å². The molecule has 0 aliphatic carbocycles. The van der Waals surface area contributed by atoms with Crippen molar-refractivity contribution in [1.29, 1.82) is 0 Å². The molecule has 0 radical (unpaired) electrons. The lowest BCUT2D eigenvalue weighted by atomic mass is 10.5. The summed E-state index contributed by atoms with van der Waals surface area (Å²) in [6, 6.07) is 3.89. The molecule has 0 saturated heterocycles. The van der Waals surface area contributed by atoms with E-state index in [9.17, 15) is 0 Å². The van der Waals surface area contributed by atoms with Gasteiger partial charge in [-0.15, -0.1) is 11.3 Å². The third kappa shape index (κ3) is 2.62. The van der Waals surface area contributed by atoms with Crippen LogP contribution in [0.1, 0.15) is 11.5 Å². The molecule has 0 atom stereocenters. The fourth-order valence-electron chi connectivity index (χ4n) is 1.65.